The summed E-state index contributed by atoms with van der Waals surface area (Å²) in [4.78, 5) is 14.5. The minimum Gasteiger partial charge on any atom is -0.493 e. The molecule has 0 aliphatic heterocycles. The molecule has 2 rings (SSSR count). The first-order valence-electron chi connectivity index (χ1n) is 8.14. The van der Waals surface area contributed by atoms with Crippen LogP contribution < -0.4 is 14.2 Å². The second-order valence-corrected chi connectivity index (χ2v) is 6.00. The summed E-state index contributed by atoms with van der Waals surface area (Å²) in [7, 11) is 4.97. The van der Waals surface area contributed by atoms with Gasteiger partial charge in [0.2, 0.25) is 5.75 Å². The Morgan fingerprint density at radius 1 is 1.08 bits per heavy atom. The van der Waals surface area contributed by atoms with E-state index in [2.05, 4.69) is 0 Å². The number of hydrogen-bond acceptors (Lipinski definition) is 5. The van der Waals surface area contributed by atoms with Crippen LogP contribution in [-0.4, -0.2) is 38.2 Å². The van der Waals surface area contributed by atoms with Crippen molar-refractivity contribution in [2.45, 2.75) is 26.4 Å². The van der Waals surface area contributed by atoms with Crippen LogP contribution in [0, 0.1) is 6.92 Å². The summed E-state index contributed by atoms with van der Waals surface area (Å²) in [6.07, 6.45) is 0. The Morgan fingerprint density at radius 3 is 2.16 bits per heavy atom. The number of aryl methyl sites for hydroxylation is 1. The zero-order valence-corrected chi connectivity index (χ0v) is 15.4. The summed E-state index contributed by atoms with van der Waals surface area (Å²) in [5.41, 5.74) is 2.10. The highest BCUT2D eigenvalue weighted by atomic mass is 16.6. The molecule has 1 unspecified atom stereocenters. The van der Waals surface area contributed by atoms with Gasteiger partial charge in [-0.3, -0.25) is 4.90 Å². The first-order valence-corrected chi connectivity index (χ1v) is 8.14. The van der Waals surface area contributed by atoms with E-state index < -0.39 is 6.04 Å². The molecular formula is C20H25NO4. The highest BCUT2D eigenvalue weighted by Crippen LogP contribution is 2.38. The molecule has 0 fully saturated rings. The van der Waals surface area contributed by atoms with Crippen LogP contribution in [0.4, 0.5) is 0 Å². The lowest BCUT2D eigenvalue weighted by atomic mass is 10.2. The van der Waals surface area contributed by atoms with Crippen LogP contribution in [0.3, 0.4) is 0 Å². The van der Waals surface area contributed by atoms with Crippen molar-refractivity contribution in [2.75, 3.05) is 21.3 Å². The monoisotopic (exact) mass is 343 g/mol. The smallest absolute Gasteiger partial charge is 0.328 e. The molecule has 0 saturated heterocycles. The van der Waals surface area contributed by atoms with Crippen LogP contribution in [0.2, 0.25) is 0 Å². The van der Waals surface area contributed by atoms with Gasteiger partial charge in [0.15, 0.2) is 11.5 Å². The van der Waals surface area contributed by atoms with E-state index >= 15 is 0 Å². The molecule has 2 aromatic carbocycles. The molecule has 2 aromatic rings. The fourth-order valence-corrected chi connectivity index (χ4v) is 2.49. The fourth-order valence-electron chi connectivity index (χ4n) is 2.49. The lowest BCUT2D eigenvalue weighted by Gasteiger charge is -2.24. The van der Waals surface area contributed by atoms with Gasteiger partial charge in [-0.2, -0.15) is 0 Å². The standard InChI is InChI=1S/C20H25NO4/c1-14-11-17(23-4)19(18(12-14)24-5)25-20(22)15(2)21(3)13-16-9-7-6-8-10-16/h6-12,15H,13H2,1-5H3. The summed E-state index contributed by atoms with van der Waals surface area (Å²) in [5.74, 6) is 0.894. The number of benzene rings is 2. The molecule has 0 saturated carbocycles. The average molecular weight is 343 g/mol. The van der Waals surface area contributed by atoms with Crippen molar-refractivity contribution in [3.05, 3.63) is 53.6 Å². The van der Waals surface area contributed by atoms with E-state index in [0.29, 0.717) is 23.8 Å². The van der Waals surface area contributed by atoms with E-state index in [9.17, 15) is 4.79 Å². The Bertz CT molecular complexity index is 690. The Balaban J connectivity index is 2.13. The van der Waals surface area contributed by atoms with Gasteiger partial charge in [0.05, 0.1) is 14.2 Å². The van der Waals surface area contributed by atoms with Crippen molar-refractivity contribution in [3.8, 4) is 17.2 Å². The highest BCUT2D eigenvalue weighted by Gasteiger charge is 2.24. The number of ether oxygens (including phenoxy) is 3. The van der Waals surface area contributed by atoms with Crippen LogP contribution in [0.25, 0.3) is 0 Å². The summed E-state index contributed by atoms with van der Waals surface area (Å²) in [6.45, 7) is 4.39. The first kappa shape index (κ1) is 18.8. The molecule has 134 valence electrons. The van der Waals surface area contributed by atoms with Gasteiger partial charge >= 0.3 is 5.97 Å². The molecule has 0 aromatic heterocycles. The van der Waals surface area contributed by atoms with Gasteiger partial charge in [-0.25, -0.2) is 4.79 Å². The third-order valence-corrected chi connectivity index (χ3v) is 4.08. The zero-order valence-electron chi connectivity index (χ0n) is 15.4. The minimum atomic E-state index is -0.420. The van der Waals surface area contributed by atoms with Crippen LogP contribution >= 0.6 is 0 Å². The van der Waals surface area contributed by atoms with Crippen molar-refractivity contribution in [2.24, 2.45) is 0 Å². The number of esters is 1. The molecule has 0 N–H and O–H groups in total. The Morgan fingerprint density at radius 2 is 1.64 bits per heavy atom. The third kappa shape index (κ3) is 4.73. The molecule has 1 atom stereocenters. The van der Waals surface area contributed by atoms with Crippen LogP contribution in [0.5, 0.6) is 17.2 Å². The number of likely N-dealkylation sites (N-methyl/N-ethyl adjacent to an activating group) is 1. The van der Waals surface area contributed by atoms with Crippen molar-refractivity contribution in [1.29, 1.82) is 0 Å². The summed E-state index contributed by atoms with van der Waals surface area (Å²) < 4.78 is 16.3. The number of carbonyl (C=O) groups excluding carboxylic acids is 1. The molecule has 0 aliphatic rings. The van der Waals surface area contributed by atoms with Crippen molar-refractivity contribution < 1.29 is 19.0 Å². The Labute approximate surface area is 149 Å². The first-order chi connectivity index (χ1) is 12.0. The van der Waals surface area contributed by atoms with E-state index in [1.807, 2.05) is 68.3 Å². The largest absolute Gasteiger partial charge is 0.493 e. The topological polar surface area (TPSA) is 48.0 Å². The molecule has 0 amide bonds. The number of nitrogens with zero attached hydrogens (tertiary/aromatic N) is 1. The van der Waals surface area contributed by atoms with Crippen molar-refractivity contribution in [1.82, 2.24) is 4.90 Å². The summed E-state index contributed by atoms with van der Waals surface area (Å²) >= 11 is 0. The molecule has 0 spiro atoms. The minimum absolute atomic E-state index is 0.306. The van der Waals surface area contributed by atoms with Crippen LogP contribution in [-0.2, 0) is 11.3 Å². The summed E-state index contributed by atoms with van der Waals surface area (Å²) in [6, 6.07) is 13.2. The van der Waals surface area contributed by atoms with E-state index in [1.54, 1.807) is 0 Å². The van der Waals surface area contributed by atoms with Gasteiger partial charge in [0, 0.05) is 6.54 Å². The zero-order chi connectivity index (χ0) is 18.4. The van der Waals surface area contributed by atoms with E-state index in [0.717, 1.165) is 11.1 Å². The SMILES string of the molecule is COc1cc(C)cc(OC)c1OC(=O)C(C)N(C)Cc1ccccc1. The second kappa shape index (κ2) is 8.53. The number of hydrogen-bond donors (Lipinski definition) is 0. The Hall–Kier alpha value is -2.53. The fraction of sp³-hybridized carbons (Fsp3) is 0.350. The number of rotatable bonds is 7. The predicted octanol–water partition coefficient (Wildman–Crippen LogP) is 3.44. The third-order valence-electron chi connectivity index (χ3n) is 4.08. The Kier molecular flexibility index (Phi) is 6.42. The van der Waals surface area contributed by atoms with Crippen molar-refractivity contribution in [3.63, 3.8) is 0 Å². The van der Waals surface area contributed by atoms with E-state index in [-0.39, 0.29) is 5.97 Å². The maximum absolute atomic E-state index is 12.6. The maximum atomic E-state index is 12.6. The molecule has 5 heteroatoms. The molecule has 0 heterocycles. The highest BCUT2D eigenvalue weighted by molar-refractivity contribution is 5.79. The maximum Gasteiger partial charge on any atom is 0.328 e. The van der Waals surface area contributed by atoms with E-state index in [4.69, 9.17) is 14.2 Å². The molecule has 0 aliphatic carbocycles. The normalized spacial score (nSPS) is 11.9. The lowest BCUT2D eigenvalue weighted by Crippen LogP contribution is -2.38. The average Bonchev–Trinajstić information content (AvgIpc) is 2.62. The van der Waals surface area contributed by atoms with E-state index in [1.165, 1.54) is 14.2 Å². The predicted molar refractivity (Wildman–Crippen MR) is 97.3 cm³/mol. The quantitative estimate of drug-likeness (QED) is 0.569. The van der Waals surface area contributed by atoms with Gasteiger partial charge in [-0.1, -0.05) is 30.3 Å². The van der Waals surface area contributed by atoms with Gasteiger partial charge in [0.25, 0.3) is 0 Å². The molecular weight excluding hydrogens is 318 g/mol. The van der Waals surface area contributed by atoms with Crippen molar-refractivity contribution >= 4 is 5.97 Å². The van der Waals surface area contributed by atoms with Gasteiger partial charge < -0.3 is 14.2 Å². The van der Waals surface area contributed by atoms with Gasteiger partial charge in [0.1, 0.15) is 6.04 Å². The molecule has 0 radical (unpaired) electrons. The lowest BCUT2D eigenvalue weighted by molar-refractivity contribution is -0.139. The summed E-state index contributed by atoms with van der Waals surface area (Å²) in [5, 5.41) is 0. The number of methoxy groups -OCH3 is 2. The molecule has 25 heavy (non-hydrogen) atoms. The molecule has 0 bridgehead atoms. The van der Waals surface area contributed by atoms with Gasteiger partial charge in [-0.05, 0) is 44.2 Å². The molecule has 5 nitrogen and oxygen atoms in total. The van der Waals surface area contributed by atoms with Crippen LogP contribution in [0.15, 0.2) is 42.5 Å². The van der Waals surface area contributed by atoms with Gasteiger partial charge in [-0.15, -0.1) is 0 Å². The number of carbonyl (C=O) groups is 1. The second-order valence-electron chi connectivity index (χ2n) is 6.00. The van der Waals surface area contributed by atoms with Crippen LogP contribution in [0.1, 0.15) is 18.1 Å².